The molecule has 0 fully saturated rings. The standard InChI is InChI=1S/15Ca.8HNO3.30H/c;;;;;;;;;;;;;;;8*2-1(3)4;;;;;;;;;;;;;;;;;;;;;;;;;;;;;;/h;;;;;;;;;;;;;;;8*(H,2,3,4);;;;;;;;;;;;;;;;;;;;;;;;;;;;;;/q15*+2;;;;;;;;;30*-1. The minimum atomic E-state index is -1.50. The quantitative estimate of drug-likeness (QED) is 0.0639. The number of rotatable bonds is 0. The van der Waals surface area contributed by atoms with Crippen LogP contribution in [0.25, 0.3) is 0 Å². The Hall–Kier alpha value is 12.5. The Morgan fingerprint density at radius 3 is 0.213 bits per heavy atom. The predicted octanol–water partition coefficient (Wildman–Crippen LogP) is -5.12. The van der Waals surface area contributed by atoms with Gasteiger partial charge in [-0.2, -0.15) is 0 Å². The Labute approximate surface area is 751 Å². The van der Waals surface area contributed by atoms with E-state index in [1.807, 2.05) is 0 Å². The first kappa shape index (κ1) is 153. The Kier molecular flexibility index (Phi) is 472. The predicted molar refractivity (Wildman–Crippen MR) is 190 cm³/mol. The van der Waals surface area contributed by atoms with Crippen molar-refractivity contribution in [3.05, 3.63) is 80.9 Å². The van der Waals surface area contributed by atoms with Crippen LogP contribution < -0.4 is 0 Å². The topological polar surface area (TPSA) is 507 Å². The molecule has 0 saturated carbocycles. The second-order valence-electron chi connectivity index (χ2n) is 1.90. The Bertz CT molecular complexity index is 471. The van der Waals surface area contributed by atoms with Gasteiger partial charge in [0.05, 0.1) is 0 Å². The SMILES string of the molecule is O=[N+]([O-])O.O=[N+]([O-])O.O=[N+]([O-])O.O=[N+]([O-])O.O=[N+]([O-])O.O=[N+]([O-])O.O=[N+]([O-])O.O=[N+]([O-])O.[Ca+2].[Ca+2].[Ca+2].[Ca+2].[Ca+2].[Ca+2].[Ca+2].[Ca+2].[Ca+2].[Ca+2].[Ca+2].[Ca+2].[Ca+2].[Ca+2].[Ca+2].[H-].[H-].[H-].[H-].[H-].[H-].[H-].[H-].[H-].[H-].[H-].[H-].[H-].[H-].[H-].[H-].[H-].[H-].[H-].[H-].[H-].[H-].[H-].[H-].[H-].[H-].[H-].[H-].[H-].[H-]. The summed E-state index contributed by atoms with van der Waals surface area (Å²) in [4.78, 5) is 66.9. The molecule has 0 heterocycles. The van der Waals surface area contributed by atoms with Crippen molar-refractivity contribution in [2.75, 3.05) is 0 Å². The van der Waals surface area contributed by atoms with Crippen LogP contribution >= 0.6 is 0 Å². The third-order valence-electron chi connectivity index (χ3n) is 0. The van der Waals surface area contributed by atoms with Crippen molar-refractivity contribution < 1.29 is 125 Å². The van der Waals surface area contributed by atoms with Crippen LogP contribution in [0.15, 0.2) is 0 Å². The van der Waals surface area contributed by atoms with Gasteiger partial charge in [0.25, 0.3) is 40.7 Å². The summed E-state index contributed by atoms with van der Waals surface area (Å²) in [6.07, 6.45) is 0. The molecule has 252 valence electrons. The Balaban J connectivity index is -0.00000000155. The fourth-order valence-electron chi connectivity index (χ4n) is 0. The van der Waals surface area contributed by atoms with Crippen LogP contribution in [-0.2, 0) is 0 Å². The zero-order valence-electron chi connectivity index (χ0n) is 54.3. The molecule has 0 aromatic rings. The van der Waals surface area contributed by atoms with Crippen LogP contribution in [-0.4, -0.2) is 648 Å². The van der Waals surface area contributed by atoms with Crippen LogP contribution in [0, 0.1) is 80.9 Å². The number of hydrogen-bond acceptors (Lipinski definition) is 16. The maximum atomic E-state index is 8.36. The van der Waals surface area contributed by atoms with Gasteiger partial charge in [0, 0.05) is 0 Å². The molecule has 0 atom stereocenters. The van der Waals surface area contributed by atoms with Crippen molar-refractivity contribution >= 4 is 566 Å². The van der Waals surface area contributed by atoms with Gasteiger partial charge < -0.3 is 84.5 Å². The molecule has 0 radical (unpaired) electrons. The maximum Gasteiger partial charge on any atom is 2.00 e. The minimum absolute atomic E-state index is 0. The van der Waals surface area contributed by atoms with Crippen LogP contribution in [0.4, 0.5) is 0 Å². The van der Waals surface area contributed by atoms with Gasteiger partial charge in [0.15, 0.2) is 0 Å². The van der Waals surface area contributed by atoms with Crippen LogP contribution in [0.1, 0.15) is 42.8 Å². The average Bonchev–Trinajstić information content (AvgIpc) is 2.30. The first-order chi connectivity index (χ1) is 13.9. The summed E-state index contributed by atoms with van der Waals surface area (Å²) < 4.78 is 0. The van der Waals surface area contributed by atoms with Crippen LogP contribution in [0.3, 0.4) is 0 Å². The van der Waals surface area contributed by atoms with E-state index < -0.39 is 40.7 Å². The molecule has 0 bridgehead atoms. The van der Waals surface area contributed by atoms with Crippen molar-refractivity contribution in [2.45, 2.75) is 0 Å². The third-order valence-corrected chi connectivity index (χ3v) is 0. The second-order valence-corrected chi connectivity index (χ2v) is 1.90. The van der Waals surface area contributed by atoms with Gasteiger partial charge in [-0.1, -0.05) is 0 Å². The van der Waals surface area contributed by atoms with E-state index >= 15 is 0 Å². The molecule has 47 heavy (non-hydrogen) atoms. The molecule has 32 nitrogen and oxygen atoms in total. The molecule has 0 aliphatic heterocycles. The summed E-state index contributed by atoms with van der Waals surface area (Å²) >= 11 is 0. The zero-order chi connectivity index (χ0) is 28.6. The average molecular weight is 1140 g/mol. The fraction of sp³-hybridized carbons (Fsp3) is 0. The normalized spacial score (nSPS) is 4.09. The first-order valence-electron chi connectivity index (χ1n) is 4.52. The van der Waals surface area contributed by atoms with Crippen LogP contribution in [0.2, 0.25) is 0 Å². The molecule has 47 heteroatoms. The van der Waals surface area contributed by atoms with E-state index in [1.54, 1.807) is 0 Å². The zero-order valence-corrected chi connectivity index (χ0v) is 57.4. The van der Waals surface area contributed by atoms with Gasteiger partial charge in [-0.15, -0.1) is 80.9 Å². The summed E-state index contributed by atoms with van der Waals surface area (Å²) in [5.41, 5.74) is 0. The molecule has 0 rings (SSSR count). The summed E-state index contributed by atoms with van der Waals surface area (Å²) in [7, 11) is 0. The minimum Gasteiger partial charge on any atom is -1.00 e. The molecule has 0 saturated heterocycles. The molecule has 0 amide bonds. The smallest absolute Gasteiger partial charge is 1.00 e. The summed E-state index contributed by atoms with van der Waals surface area (Å²) in [6.45, 7) is 0. The van der Waals surface area contributed by atoms with Crippen molar-refractivity contribution in [2.24, 2.45) is 0 Å². The molecule has 8 N–H and O–H groups in total. The maximum absolute atomic E-state index is 8.36. The molecule has 0 aromatic heterocycles. The van der Waals surface area contributed by atoms with E-state index in [-0.39, 0.29) is 609 Å². The molecule has 0 aliphatic carbocycles. The van der Waals surface area contributed by atoms with Gasteiger partial charge >= 0.3 is 566 Å². The van der Waals surface area contributed by atoms with E-state index in [1.165, 1.54) is 0 Å². The summed E-state index contributed by atoms with van der Waals surface area (Å²) in [6, 6.07) is 0. The van der Waals surface area contributed by atoms with Gasteiger partial charge in [-0.05, 0) is 0 Å². The Morgan fingerprint density at radius 1 is 0.213 bits per heavy atom. The third kappa shape index (κ3) is 1200. The number of hydrogen-bond donors (Lipinski definition) is 8. The molecular formula is H38Ca15N8O24. The molecular weight excluding hydrogens is 1100 g/mol. The van der Waals surface area contributed by atoms with E-state index in [0.717, 1.165) is 0 Å². The van der Waals surface area contributed by atoms with E-state index in [0.29, 0.717) is 0 Å². The van der Waals surface area contributed by atoms with Gasteiger partial charge in [0.2, 0.25) is 0 Å². The van der Waals surface area contributed by atoms with Gasteiger partial charge in [-0.3, -0.25) is 0 Å². The summed E-state index contributed by atoms with van der Waals surface area (Å²) in [5, 5.41) is 109. The molecule has 0 unspecified atom stereocenters. The van der Waals surface area contributed by atoms with E-state index in [9.17, 15) is 0 Å². The molecule has 0 spiro atoms. The largest absolute Gasteiger partial charge is 2.00 e. The number of nitrogens with zero attached hydrogens (tertiary/aromatic N) is 8. The molecule has 0 aliphatic rings. The van der Waals surface area contributed by atoms with Crippen molar-refractivity contribution in [1.29, 1.82) is 0 Å². The fourth-order valence-corrected chi connectivity index (χ4v) is 0. The van der Waals surface area contributed by atoms with Crippen molar-refractivity contribution in [3.8, 4) is 0 Å². The van der Waals surface area contributed by atoms with E-state index in [4.69, 9.17) is 123 Å². The Morgan fingerprint density at radius 2 is 0.213 bits per heavy atom. The van der Waals surface area contributed by atoms with Crippen LogP contribution in [0.5, 0.6) is 0 Å². The monoisotopic (exact) mass is 1130 g/mol. The molecule has 0 aromatic carbocycles. The summed E-state index contributed by atoms with van der Waals surface area (Å²) in [5.74, 6) is 0. The van der Waals surface area contributed by atoms with E-state index in [2.05, 4.69) is 0 Å². The van der Waals surface area contributed by atoms with Gasteiger partial charge in [-0.25, -0.2) is 0 Å². The second kappa shape index (κ2) is 145. The van der Waals surface area contributed by atoms with Crippen molar-refractivity contribution in [1.82, 2.24) is 0 Å². The van der Waals surface area contributed by atoms with Gasteiger partial charge in [0.1, 0.15) is 0 Å². The van der Waals surface area contributed by atoms with Crippen molar-refractivity contribution in [3.63, 3.8) is 0 Å². The first-order valence-corrected chi connectivity index (χ1v) is 4.52.